The predicted octanol–water partition coefficient (Wildman–Crippen LogP) is 7.02. The zero-order chi connectivity index (χ0) is 32.1. The van der Waals surface area contributed by atoms with Gasteiger partial charge in [0.25, 0.3) is 18.2 Å². The average molecular weight is 648 g/mol. The normalized spacial score (nSPS) is 21.7. The van der Waals surface area contributed by atoms with Gasteiger partial charge in [-0.05, 0) is 57.3 Å². The molecule has 0 aromatic carbocycles. The molecule has 15 heteroatoms. The third kappa shape index (κ3) is 7.36. The topological polar surface area (TPSA) is 96.4 Å². The fraction of sp³-hybridized carbons (Fsp3) is 0.643. The van der Waals surface area contributed by atoms with Gasteiger partial charge in [-0.15, -0.1) is 11.3 Å². The molecule has 2 aromatic rings. The average Bonchev–Trinajstić information content (AvgIpc) is 3.24. The monoisotopic (exact) mass is 647 g/mol. The largest absolute Gasteiger partial charge is 0.412 e. The van der Waals surface area contributed by atoms with Crippen molar-refractivity contribution >= 4 is 37.3 Å². The molecule has 1 aliphatic carbocycles. The van der Waals surface area contributed by atoms with Crippen LogP contribution in [0.2, 0.25) is 18.1 Å². The highest BCUT2D eigenvalue weighted by Crippen LogP contribution is 2.42. The molecule has 2 aromatic heterocycles. The Morgan fingerprint density at radius 3 is 2.44 bits per heavy atom. The van der Waals surface area contributed by atoms with Gasteiger partial charge in [-0.3, -0.25) is 9.59 Å². The van der Waals surface area contributed by atoms with Crippen molar-refractivity contribution in [3.63, 3.8) is 0 Å². The lowest BCUT2D eigenvalue weighted by Crippen LogP contribution is -2.42. The molecule has 4 atom stereocenters. The van der Waals surface area contributed by atoms with Crippen LogP contribution >= 0.6 is 11.3 Å². The molecule has 3 heterocycles. The Labute approximate surface area is 252 Å². The maximum Gasteiger partial charge on any atom is 0.408 e. The minimum Gasteiger partial charge on any atom is -0.412 e. The van der Waals surface area contributed by atoms with Crippen LogP contribution < -0.4 is 10.6 Å². The second kappa shape index (κ2) is 12.0. The van der Waals surface area contributed by atoms with Crippen molar-refractivity contribution in [2.75, 3.05) is 11.9 Å². The van der Waals surface area contributed by atoms with Crippen molar-refractivity contribution in [3.8, 4) is 10.4 Å². The second-order valence-corrected chi connectivity index (χ2v) is 18.5. The summed E-state index contributed by atoms with van der Waals surface area (Å²) in [6.07, 6.45) is -4.73. The first kappa shape index (κ1) is 33.2. The summed E-state index contributed by atoms with van der Waals surface area (Å²) in [5.74, 6) is -1.46. The summed E-state index contributed by atoms with van der Waals surface area (Å²) in [5.41, 5.74) is -0.963. The van der Waals surface area contributed by atoms with Gasteiger partial charge in [-0.25, -0.2) is 18.7 Å². The van der Waals surface area contributed by atoms with Crippen molar-refractivity contribution in [2.24, 2.45) is 0 Å². The van der Waals surface area contributed by atoms with E-state index in [9.17, 15) is 31.5 Å². The molecule has 238 valence electrons. The number of likely N-dealkylation sites (tertiary alicyclic amines) is 1. The van der Waals surface area contributed by atoms with Crippen LogP contribution in [0.3, 0.4) is 0 Å². The molecule has 2 aliphatic rings. The highest BCUT2D eigenvalue weighted by molar-refractivity contribution is 7.17. The SMILES string of the molecule is CC(Nc1cc(C(F)F)c(-c2sc(C(=O)NC3C[C@H]3O[Si](C)(C)C(C)(C)C)nc2C(=O)N2CCC[C@@H]2C)cn1)C(F)(F)F. The summed E-state index contributed by atoms with van der Waals surface area (Å²) in [7, 11) is -2.07. The Kier molecular flexibility index (Phi) is 9.30. The van der Waals surface area contributed by atoms with Gasteiger partial charge in [-0.2, -0.15) is 13.2 Å². The molecule has 2 amide bonds. The molecule has 8 nitrogen and oxygen atoms in total. The number of nitrogens with zero attached hydrogens (tertiary/aromatic N) is 3. The summed E-state index contributed by atoms with van der Waals surface area (Å²) < 4.78 is 74.1. The van der Waals surface area contributed by atoms with Gasteiger partial charge in [0.1, 0.15) is 17.6 Å². The Morgan fingerprint density at radius 2 is 1.88 bits per heavy atom. The molecular formula is C28H38F5N5O3SSi. The fourth-order valence-corrected chi connectivity index (χ4v) is 6.94. The van der Waals surface area contributed by atoms with Gasteiger partial charge in [0.2, 0.25) is 0 Å². The lowest BCUT2D eigenvalue weighted by molar-refractivity contribution is -0.138. The molecule has 2 fully saturated rings. The molecule has 4 rings (SSSR count). The maximum atomic E-state index is 14.3. The number of pyridine rings is 1. The number of halogens is 5. The number of hydrogen-bond donors (Lipinski definition) is 2. The molecule has 2 N–H and O–H groups in total. The molecule has 1 aliphatic heterocycles. The van der Waals surface area contributed by atoms with E-state index >= 15 is 0 Å². The number of hydrogen-bond acceptors (Lipinski definition) is 7. The van der Waals surface area contributed by atoms with E-state index in [4.69, 9.17) is 4.43 Å². The number of carbonyl (C=O) groups excluding carboxylic acids is 2. The highest BCUT2D eigenvalue weighted by Gasteiger charge is 2.48. The minimum atomic E-state index is -4.62. The molecule has 0 bridgehead atoms. The van der Waals surface area contributed by atoms with Gasteiger partial charge >= 0.3 is 6.18 Å². The van der Waals surface area contributed by atoms with Gasteiger partial charge < -0.3 is 20.0 Å². The molecule has 1 saturated heterocycles. The number of thiazole rings is 1. The zero-order valence-corrected chi connectivity index (χ0v) is 27.1. The van der Waals surface area contributed by atoms with E-state index in [1.54, 1.807) is 4.90 Å². The van der Waals surface area contributed by atoms with E-state index in [1.807, 2.05) is 6.92 Å². The van der Waals surface area contributed by atoms with Crippen LogP contribution in [0.4, 0.5) is 27.8 Å². The third-order valence-electron chi connectivity index (χ3n) is 8.41. The molecular weight excluding hydrogens is 609 g/mol. The standard InChI is InChI=1S/C28H38F5N5O3SSi/c1-14-9-8-10-38(14)26(40)21-22(17-13-34-20(11-16(17)23(29)30)35-15(2)28(31,32)33)42-25(37-21)24(39)36-18-12-19(18)41-43(6,7)27(3,4)5/h11,13-15,18-19,23H,8-10,12H2,1-7H3,(H,34,35)(H,36,39)/t14-,15?,18?,19+/m0/s1. The minimum absolute atomic E-state index is 0.0113. The van der Waals surface area contributed by atoms with E-state index in [2.05, 4.69) is 54.5 Å². The van der Waals surface area contributed by atoms with Crippen LogP contribution in [0.1, 0.15) is 86.2 Å². The van der Waals surface area contributed by atoms with Crippen molar-refractivity contribution in [1.82, 2.24) is 20.2 Å². The summed E-state index contributed by atoms with van der Waals surface area (Å²) in [5, 5.41) is 4.88. The van der Waals surface area contributed by atoms with Crippen LogP contribution in [0, 0.1) is 0 Å². The number of alkyl halides is 5. The van der Waals surface area contributed by atoms with E-state index in [-0.39, 0.29) is 44.4 Å². The Bertz CT molecular complexity index is 1360. The zero-order valence-electron chi connectivity index (χ0n) is 25.2. The van der Waals surface area contributed by atoms with Crippen molar-refractivity contribution in [2.45, 2.75) is 109 Å². The second-order valence-electron chi connectivity index (χ2n) is 12.8. The Hall–Kier alpha value is -2.65. The summed E-state index contributed by atoms with van der Waals surface area (Å²) in [6.45, 7) is 13.8. The summed E-state index contributed by atoms with van der Waals surface area (Å²) in [4.78, 5) is 36.8. The van der Waals surface area contributed by atoms with E-state index in [0.29, 0.717) is 13.0 Å². The third-order valence-corrected chi connectivity index (χ3v) is 14.0. The van der Waals surface area contributed by atoms with Gasteiger partial charge in [0.15, 0.2) is 13.3 Å². The predicted molar refractivity (Wildman–Crippen MR) is 157 cm³/mol. The molecule has 0 radical (unpaired) electrons. The Balaban J connectivity index is 1.65. The first-order chi connectivity index (χ1) is 19.8. The van der Waals surface area contributed by atoms with Gasteiger partial charge in [0, 0.05) is 29.9 Å². The molecule has 43 heavy (non-hydrogen) atoms. The van der Waals surface area contributed by atoms with Gasteiger partial charge in [-0.1, -0.05) is 20.8 Å². The number of aromatic nitrogens is 2. The van der Waals surface area contributed by atoms with Crippen LogP contribution in [-0.2, 0) is 4.43 Å². The first-order valence-electron chi connectivity index (χ1n) is 14.2. The molecule has 1 saturated carbocycles. The fourth-order valence-electron chi connectivity index (χ4n) is 4.58. The number of rotatable bonds is 9. The van der Waals surface area contributed by atoms with Crippen molar-refractivity contribution < 1.29 is 36.0 Å². The molecule has 0 spiro atoms. The van der Waals surface area contributed by atoms with Crippen molar-refractivity contribution in [1.29, 1.82) is 0 Å². The number of carbonyl (C=O) groups is 2. The number of amides is 2. The highest BCUT2D eigenvalue weighted by atomic mass is 32.1. The lowest BCUT2D eigenvalue weighted by atomic mass is 10.1. The number of anilines is 1. The van der Waals surface area contributed by atoms with E-state index < -0.39 is 50.2 Å². The first-order valence-corrected chi connectivity index (χ1v) is 17.9. The Morgan fingerprint density at radius 1 is 1.21 bits per heavy atom. The smallest absolute Gasteiger partial charge is 0.408 e. The van der Waals surface area contributed by atoms with E-state index in [1.165, 1.54) is 0 Å². The quantitative estimate of drug-likeness (QED) is 0.224. The van der Waals surface area contributed by atoms with Crippen LogP contribution in [0.25, 0.3) is 10.4 Å². The molecule has 2 unspecified atom stereocenters. The van der Waals surface area contributed by atoms with Crippen molar-refractivity contribution in [3.05, 3.63) is 28.5 Å². The van der Waals surface area contributed by atoms with Crippen LogP contribution in [0.15, 0.2) is 12.3 Å². The van der Waals surface area contributed by atoms with Crippen LogP contribution in [0.5, 0.6) is 0 Å². The van der Waals surface area contributed by atoms with Crippen LogP contribution in [-0.4, -0.2) is 72.0 Å². The summed E-state index contributed by atoms with van der Waals surface area (Å²) in [6, 6.07) is -1.55. The summed E-state index contributed by atoms with van der Waals surface area (Å²) >= 11 is 0.777. The van der Waals surface area contributed by atoms with E-state index in [0.717, 1.165) is 43.4 Å². The lowest BCUT2D eigenvalue weighted by Gasteiger charge is -2.36. The van der Waals surface area contributed by atoms with Gasteiger partial charge in [0.05, 0.1) is 17.0 Å². The maximum absolute atomic E-state index is 14.3. The number of nitrogens with one attached hydrogen (secondary N) is 2.